The van der Waals surface area contributed by atoms with Crippen LogP contribution in [0.4, 0.5) is 11.4 Å². The molecule has 39 heavy (non-hydrogen) atoms. The summed E-state index contributed by atoms with van der Waals surface area (Å²) in [5.74, 6) is 1.38. The van der Waals surface area contributed by atoms with Gasteiger partial charge in [0.2, 0.25) is 0 Å². The summed E-state index contributed by atoms with van der Waals surface area (Å²) in [6, 6.07) is 20.2. The number of aryl methyl sites for hydroxylation is 4. The third kappa shape index (κ3) is 9.76. The van der Waals surface area contributed by atoms with E-state index in [4.69, 9.17) is 44.6 Å². The predicted octanol–water partition coefficient (Wildman–Crippen LogP) is 9.57. The molecule has 0 amide bonds. The molecule has 0 aromatic heterocycles. The van der Waals surface area contributed by atoms with Crippen molar-refractivity contribution in [2.45, 2.75) is 27.7 Å². The number of phenols is 1. The first-order chi connectivity index (χ1) is 18.3. The van der Waals surface area contributed by atoms with Crippen molar-refractivity contribution in [3.8, 4) is 17.2 Å². The molecule has 4 aromatic carbocycles. The lowest BCUT2D eigenvalue weighted by Crippen LogP contribution is -1.93. The number of rotatable bonds is 4. The molecule has 0 aliphatic heterocycles. The lowest BCUT2D eigenvalue weighted by atomic mass is 10.2. The van der Waals surface area contributed by atoms with Gasteiger partial charge in [-0.2, -0.15) is 0 Å². The average Bonchev–Trinajstić information content (AvgIpc) is 2.87. The van der Waals surface area contributed by atoms with Crippen LogP contribution in [0.5, 0.6) is 17.2 Å². The monoisotopic (exact) mass is 590 g/mol. The summed E-state index contributed by atoms with van der Waals surface area (Å²) in [5, 5.41) is 30.7. The first-order valence-corrected chi connectivity index (χ1v) is 12.5. The van der Waals surface area contributed by atoms with E-state index in [1.54, 1.807) is 32.0 Å². The summed E-state index contributed by atoms with van der Waals surface area (Å²) in [6.45, 7) is 7.23. The van der Waals surface area contributed by atoms with Crippen molar-refractivity contribution in [2.24, 2.45) is 0 Å². The second-order valence-corrected chi connectivity index (χ2v) is 9.61. The highest BCUT2D eigenvalue weighted by molar-refractivity contribution is 6.42. The van der Waals surface area contributed by atoms with E-state index in [-0.39, 0.29) is 21.4 Å². The van der Waals surface area contributed by atoms with Crippen LogP contribution in [0.25, 0.3) is 0 Å². The molecule has 0 aliphatic rings. The van der Waals surface area contributed by atoms with Gasteiger partial charge in [0.1, 0.15) is 17.2 Å². The van der Waals surface area contributed by atoms with Gasteiger partial charge < -0.3 is 9.84 Å². The Labute approximate surface area is 240 Å². The first kappa shape index (κ1) is 31.4. The molecular weight excluding hydrogens is 567 g/mol. The molecule has 4 aromatic rings. The number of phenolic OH excluding ortho intramolecular Hbond substituents is 1. The summed E-state index contributed by atoms with van der Waals surface area (Å²) in [4.78, 5) is 20.2. The maximum atomic E-state index is 10.8. The van der Waals surface area contributed by atoms with Crippen molar-refractivity contribution in [3.05, 3.63) is 130 Å². The van der Waals surface area contributed by atoms with E-state index >= 15 is 0 Å². The fourth-order valence-corrected chi connectivity index (χ4v) is 3.60. The van der Waals surface area contributed by atoms with Gasteiger partial charge in [-0.1, -0.05) is 70.2 Å². The van der Waals surface area contributed by atoms with Crippen LogP contribution in [-0.4, -0.2) is 15.0 Å². The van der Waals surface area contributed by atoms with Gasteiger partial charge in [0.15, 0.2) is 0 Å². The van der Waals surface area contributed by atoms with E-state index in [1.165, 1.54) is 23.8 Å². The quantitative estimate of drug-likeness (QED) is 0.187. The fraction of sp³-hybridized carbons (Fsp3) is 0.143. The maximum absolute atomic E-state index is 10.8. The third-order valence-corrected chi connectivity index (χ3v) is 6.18. The minimum atomic E-state index is -0.489. The van der Waals surface area contributed by atoms with Gasteiger partial charge in [0, 0.05) is 23.3 Å². The lowest BCUT2D eigenvalue weighted by molar-refractivity contribution is -0.385. The molecule has 4 rings (SSSR count). The van der Waals surface area contributed by atoms with Gasteiger partial charge >= 0.3 is 0 Å². The molecule has 0 saturated heterocycles. The molecule has 0 radical (unpaired) electrons. The molecule has 0 saturated carbocycles. The number of hydrogen-bond donors (Lipinski definition) is 1. The van der Waals surface area contributed by atoms with Gasteiger partial charge in [-0.25, -0.2) is 0 Å². The summed E-state index contributed by atoms with van der Waals surface area (Å²) in [5.41, 5.74) is 3.29. The second-order valence-electron chi connectivity index (χ2n) is 8.39. The normalized spacial score (nSPS) is 9.92. The molecule has 204 valence electrons. The van der Waals surface area contributed by atoms with E-state index in [0.29, 0.717) is 33.4 Å². The number of aromatic hydroxyl groups is 1. The Morgan fingerprint density at radius 2 is 1.05 bits per heavy atom. The summed E-state index contributed by atoms with van der Waals surface area (Å²) < 4.78 is 5.63. The van der Waals surface area contributed by atoms with Crippen molar-refractivity contribution >= 4 is 46.2 Å². The zero-order valence-corrected chi connectivity index (χ0v) is 23.7. The lowest BCUT2D eigenvalue weighted by Gasteiger charge is -2.09. The smallest absolute Gasteiger partial charge is 0.274 e. The number of nitrogens with zero attached hydrogens (tertiary/aromatic N) is 2. The van der Waals surface area contributed by atoms with Crippen LogP contribution in [0, 0.1) is 47.9 Å². The maximum Gasteiger partial charge on any atom is 0.274 e. The van der Waals surface area contributed by atoms with Gasteiger partial charge in [-0.3, -0.25) is 20.2 Å². The summed E-state index contributed by atoms with van der Waals surface area (Å²) in [6.07, 6.45) is 0. The molecule has 1 N–H and O–H groups in total. The van der Waals surface area contributed by atoms with Crippen LogP contribution in [0.1, 0.15) is 22.3 Å². The number of benzene rings is 4. The molecule has 0 spiro atoms. The Morgan fingerprint density at radius 3 is 1.51 bits per heavy atom. The molecular formula is C28H25Cl3N2O6. The second kappa shape index (κ2) is 14.3. The van der Waals surface area contributed by atoms with E-state index in [1.807, 2.05) is 50.2 Å². The van der Waals surface area contributed by atoms with Crippen LogP contribution >= 0.6 is 34.8 Å². The minimum absolute atomic E-state index is 0.00981. The Balaban J connectivity index is 0.000000227. The van der Waals surface area contributed by atoms with Gasteiger partial charge in [0.05, 0.1) is 24.9 Å². The zero-order valence-electron chi connectivity index (χ0n) is 21.4. The van der Waals surface area contributed by atoms with E-state index < -0.39 is 9.85 Å². The van der Waals surface area contributed by atoms with Crippen LogP contribution in [0.3, 0.4) is 0 Å². The number of nitro groups is 2. The molecule has 0 unspecified atom stereocenters. The van der Waals surface area contributed by atoms with Gasteiger partial charge in [-0.05, 0) is 64.1 Å². The number of hydrogen-bond acceptors (Lipinski definition) is 6. The Kier molecular flexibility index (Phi) is 11.5. The van der Waals surface area contributed by atoms with Crippen molar-refractivity contribution in [2.75, 3.05) is 0 Å². The minimum Gasteiger partial charge on any atom is -0.508 e. The molecule has 11 heteroatoms. The van der Waals surface area contributed by atoms with Crippen LogP contribution in [-0.2, 0) is 0 Å². The zero-order chi connectivity index (χ0) is 29.3. The van der Waals surface area contributed by atoms with Crippen molar-refractivity contribution in [3.63, 3.8) is 0 Å². The predicted molar refractivity (Wildman–Crippen MR) is 155 cm³/mol. The van der Waals surface area contributed by atoms with E-state index in [0.717, 1.165) is 5.56 Å². The highest BCUT2D eigenvalue weighted by Gasteiger charge is 2.16. The molecule has 8 nitrogen and oxygen atoms in total. The number of ether oxygens (including phenoxy) is 1. The molecule has 0 fully saturated rings. The van der Waals surface area contributed by atoms with Crippen molar-refractivity contribution in [1.29, 1.82) is 0 Å². The van der Waals surface area contributed by atoms with Gasteiger partial charge in [0.25, 0.3) is 11.4 Å². The molecule has 0 bridgehead atoms. The topological polar surface area (TPSA) is 116 Å². The van der Waals surface area contributed by atoms with Crippen molar-refractivity contribution in [1.82, 2.24) is 0 Å². The molecule has 0 aliphatic carbocycles. The Hall–Kier alpha value is -3.85. The molecule has 0 atom stereocenters. The molecule has 0 heterocycles. The fourth-order valence-electron chi connectivity index (χ4n) is 3.03. The largest absolute Gasteiger partial charge is 0.508 e. The number of halogens is 3. The van der Waals surface area contributed by atoms with Crippen molar-refractivity contribution < 1.29 is 19.7 Å². The van der Waals surface area contributed by atoms with Gasteiger partial charge in [-0.15, -0.1) is 0 Å². The van der Waals surface area contributed by atoms with Crippen LogP contribution < -0.4 is 4.74 Å². The van der Waals surface area contributed by atoms with E-state index in [2.05, 4.69) is 0 Å². The highest BCUT2D eigenvalue weighted by Crippen LogP contribution is 2.35. The van der Waals surface area contributed by atoms with E-state index in [9.17, 15) is 20.2 Å². The average molecular weight is 592 g/mol. The number of nitro benzene ring substituents is 2. The van der Waals surface area contributed by atoms with Crippen LogP contribution in [0.2, 0.25) is 15.1 Å². The standard InChI is InChI=1S/C14H12ClNO3.C7H5Cl2NO2.C7H8O/c1-9-3-5-11(6-4-9)19-14-7-10(2)13(16(17)18)8-12(14)15;1-4-2-5(8)6(9)3-7(4)10(11)12;1-6-2-4-7(8)5-3-6/h3-8H,1-2H3;2-3H,1H3;2-5,8H,1H3. The Morgan fingerprint density at radius 1 is 0.641 bits per heavy atom. The highest BCUT2D eigenvalue weighted by atomic mass is 35.5. The van der Waals surface area contributed by atoms with Crippen LogP contribution in [0.15, 0.2) is 72.8 Å². The SMILES string of the molecule is Cc1cc(Cl)c(Cl)cc1[N+](=O)[O-].Cc1ccc(O)cc1.Cc1ccc(Oc2cc(C)c([N+](=O)[O-])cc2Cl)cc1. The summed E-state index contributed by atoms with van der Waals surface area (Å²) >= 11 is 17.2. The Bertz CT molecular complexity index is 1440. The summed E-state index contributed by atoms with van der Waals surface area (Å²) in [7, 11) is 0. The third-order valence-electron chi connectivity index (χ3n) is 5.17. The first-order valence-electron chi connectivity index (χ1n) is 11.3.